The van der Waals surface area contributed by atoms with Crippen LogP contribution in [-0.4, -0.2) is 32.7 Å². The van der Waals surface area contributed by atoms with Crippen LogP contribution in [0.25, 0.3) is 0 Å². The van der Waals surface area contributed by atoms with Crippen molar-refractivity contribution in [2.75, 3.05) is 19.4 Å². The molecule has 1 aliphatic rings. The van der Waals surface area contributed by atoms with Crippen LogP contribution in [0.15, 0.2) is 41.3 Å². The summed E-state index contributed by atoms with van der Waals surface area (Å²) in [7, 11) is -0.560. The van der Waals surface area contributed by atoms with Crippen molar-refractivity contribution < 1.29 is 13.2 Å². The molecule has 3 rings (SSSR count). The second-order valence-electron chi connectivity index (χ2n) is 7.30. The number of carbonyl (C=O) groups excluding carboxylic acids is 1. The maximum Gasteiger partial charge on any atom is 0.242 e. The van der Waals surface area contributed by atoms with E-state index >= 15 is 0 Å². The molecule has 27 heavy (non-hydrogen) atoms. The number of fused-ring (bicyclic) bond motifs is 1. The summed E-state index contributed by atoms with van der Waals surface area (Å²) < 4.78 is 25.8. The first-order valence-corrected chi connectivity index (χ1v) is 10.6. The molecule has 1 amide bonds. The third-order valence-corrected chi connectivity index (χ3v) is 6.85. The number of hydrogen-bond donors (Lipinski definition) is 1. The van der Waals surface area contributed by atoms with Crippen molar-refractivity contribution in [3.8, 4) is 0 Å². The standard InChI is InChI=1S/C21H26N2O3S/c1-15-8-11-19(27(25,26)23(2)3)14-20(15)22-21(24)13-16-9-10-17-6-4-5-7-18(17)12-16/h8-12,14H,4-7,13H2,1-3H3,(H,22,24). The Hall–Kier alpha value is -2.18. The largest absolute Gasteiger partial charge is 0.326 e. The maximum atomic E-state index is 12.5. The summed E-state index contributed by atoms with van der Waals surface area (Å²) in [5, 5.41) is 2.87. The lowest BCUT2D eigenvalue weighted by Gasteiger charge is -2.17. The first-order chi connectivity index (χ1) is 12.8. The zero-order valence-corrected chi connectivity index (χ0v) is 16.9. The van der Waals surface area contributed by atoms with Crippen LogP contribution in [0.4, 0.5) is 5.69 Å². The summed E-state index contributed by atoms with van der Waals surface area (Å²) in [6.45, 7) is 1.85. The molecular formula is C21H26N2O3S. The zero-order chi connectivity index (χ0) is 19.6. The van der Waals surface area contributed by atoms with Gasteiger partial charge >= 0.3 is 0 Å². The zero-order valence-electron chi connectivity index (χ0n) is 16.1. The van der Waals surface area contributed by atoms with Gasteiger partial charge in [-0.3, -0.25) is 4.79 Å². The van der Waals surface area contributed by atoms with Crippen LogP contribution in [0.2, 0.25) is 0 Å². The molecule has 1 N–H and O–H groups in total. The number of hydrogen-bond acceptors (Lipinski definition) is 3. The molecule has 0 atom stereocenters. The summed E-state index contributed by atoms with van der Waals surface area (Å²) >= 11 is 0. The third kappa shape index (κ3) is 4.39. The molecule has 0 saturated heterocycles. The van der Waals surface area contributed by atoms with Gasteiger partial charge in [0.05, 0.1) is 11.3 Å². The molecule has 0 unspecified atom stereocenters. The summed E-state index contributed by atoms with van der Waals surface area (Å²) in [6, 6.07) is 11.1. The highest BCUT2D eigenvalue weighted by atomic mass is 32.2. The van der Waals surface area contributed by atoms with Crippen molar-refractivity contribution in [1.29, 1.82) is 0 Å². The molecule has 0 heterocycles. The minimum absolute atomic E-state index is 0.145. The van der Waals surface area contributed by atoms with Crippen molar-refractivity contribution in [3.63, 3.8) is 0 Å². The number of benzene rings is 2. The number of nitrogens with zero attached hydrogens (tertiary/aromatic N) is 1. The minimum Gasteiger partial charge on any atom is -0.326 e. The van der Waals surface area contributed by atoms with Crippen LogP contribution in [0.1, 0.15) is 35.1 Å². The first-order valence-electron chi connectivity index (χ1n) is 9.21. The van der Waals surface area contributed by atoms with Crippen molar-refractivity contribution in [2.24, 2.45) is 0 Å². The van der Waals surface area contributed by atoms with Crippen molar-refractivity contribution in [1.82, 2.24) is 4.31 Å². The molecule has 0 spiro atoms. The van der Waals surface area contributed by atoms with Crippen LogP contribution in [0, 0.1) is 6.92 Å². The molecule has 0 aromatic heterocycles. The molecule has 144 valence electrons. The van der Waals surface area contributed by atoms with E-state index in [1.807, 2.05) is 13.0 Å². The average molecular weight is 387 g/mol. The van der Waals surface area contributed by atoms with E-state index in [1.54, 1.807) is 12.1 Å². The Morgan fingerprint density at radius 1 is 1.04 bits per heavy atom. The molecule has 1 aliphatic carbocycles. The van der Waals surface area contributed by atoms with E-state index < -0.39 is 10.0 Å². The smallest absolute Gasteiger partial charge is 0.242 e. The summed E-state index contributed by atoms with van der Waals surface area (Å²) in [4.78, 5) is 12.7. The number of nitrogens with one attached hydrogen (secondary N) is 1. The van der Waals surface area contributed by atoms with E-state index in [0.717, 1.165) is 28.3 Å². The Kier molecular flexibility index (Phi) is 5.67. The van der Waals surface area contributed by atoms with Crippen molar-refractivity contribution in [3.05, 3.63) is 58.7 Å². The maximum absolute atomic E-state index is 12.5. The number of carbonyl (C=O) groups is 1. The van der Waals surface area contributed by atoms with Gasteiger partial charge in [-0.25, -0.2) is 12.7 Å². The number of sulfonamides is 1. The number of anilines is 1. The topological polar surface area (TPSA) is 66.5 Å². The molecule has 6 heteroatoms. The molecule has 0 aliphatic heterocycles. The third-order valence-electron chi connectivity index (χ3n) is 5.04. The van der Waals surface area contributed by atoms with Crippen LogP contribution in [0.3, 0.4) is 0 Å². The second-order valence-corrected chi connectivity index (χ2v) is 9.45. The Balaban J connectivity index is 1.76. The van der Waals surface area contributed by atoms with E-state index in [1.165, 1.54) is 44.1 Å². The van der Waals surface area contributed by atoms with E-state index in [9.17, 15) is 13.2 Å². The Morgan fingerprint density at radius 3 is 2.44 bits per heavy atom. The van der Waals surface area contributed by atoms with Crippen LogP contribution >= 0.6 is 0 Å². The van der Waals surface area contributed by atoms with Gasteiger partial charge in [-0.05, 0) is 67.0 Å². The molecule has 0 saturated carbocycles. The van der Waals surface area contributed by atoms with Crippen molar-refractivity contribution >= 4 is 21.6 Å². The van der Waals surface area contributed by atoms with Gasteiger partial charge in [-0.1, -0.05) is 24.3 Å². The summed E-state index contributed by atoms with van der Waals surface area (Å²) in [5.41, 5.74) is 5.08. The second kappa shape index (κ2) is 7.82. The average Bonchev–Trinajstić information content (AvgIpc) is 2.63. The normalized spacial score (nSPS) is 14.1. The fraction of sp³-hybridized carbons (Fsp3) is 0.381. The molecule has 5 nitrogen and oxygen atoms in total. The summed E-state index contributed by atoms with van der Waals surface area (Å²) in [6.07, 6.45) is 4.91. The molecule has 0 radical (unpaired) electrons. The molecule has 0 fully saturated rings. The van der Waals surface area contributed by atoms with Gasteiger partial charge in [0.15, 0.2) is 0 Å². The number of amides is 1. The molecule has 2 aromatic carbocycles. The fourth-order valence-electron chi connectivity index (χ4n) is 3.38. The van der Waals surface area contributed by atoms with Gasteiger partial charge in [0.1, 0.15) is 0 Å². The van der Waals surface area contributed by atoms with Crippen LogP contribution in [0.5, 0.6) is 0 Å². The highest BCUT2D eigenvalue weighted by molar-refractivity contribution is 7.89. The van der Waals surface area contributed by atoms with E-state index in [4.69, 9.17) is 0 Å². The quantitative estimate of drug-likeness (QED) is 0.857. The highest BCUT2D eigenvalue weighted by Crippen LogP contribution is 2.24. The Labute approximate surface area is 161 Å². The number of rotatable bonds is 5. The van der Waals surface area contributed by atoms with E-state index in [2.05, 4.69) is 17.4 Å². The van der Waals surface area contributed by atoms with Gasteiger partial charge in [0.25, 0.3) is 0 Å². The van der Waals surface area contributed by atoms with Crippen molar-refractivity contribution in [2.45, 2.75) is 43.9 Å². The Bertz CT molecular complexity index is 965. The lowest BCUT2D eigenvalue weighted by Crippen LogP contribution is -2.22. The van der Waals surface area contributed by atoms with Gasteiger partial charge in [-0.15, -0.1) is 0 Å². The fourth-order valence-corrected chi connectivity index (χ4v) is 4.31. The van der Waals surface area contributed by atoms with E-state index in [0.29, 0.717) is 5.69 Å². The first kappa shape index (κ1) is 19.6. The van der Waals surface area contributed by atoms with Gasteiger partial charge in [0.2, 0.25) is 15.9 Å². The SMILES string of the molecule is Cc1ccc(S(=O)(=O)N(C)C)cc1NC(=O)Cc1ccc2c(c1)CCCC2. The van der Waals surface area contributed by atoms with Crippen LogP contribution < -0.4 is 5.32 Å². The number of aryl methyl sites for hydroxylation is 3. The van der Waals surface area contributed by atoms with Gasteiger partial charge in [-0.2, -0.15) is 0 Å². The molecule has 2 aromatic rings. The molecule has 0 bridgehead atoms. The highest BCUT2D eigenvalue weighted by Gasteiger charge is 2.19. The minimum atomic E-state index is -3.54. The molecular weight excluding hydrogens is 360 g/mol. The predicted octanol–water partition coefficient (Wildman–Crippen LogP) is 3.31. The van der Waals surface area contributed by atoms with E-state index in [-0.39, 0.29) is 17.2 Å². The lowest BCUT2D eigenvalue weighted by atomic mass is 9.90. The Morgan fingerprint density at radius 2 is 1.74 bits per heavy atom. The van der Waals surface area contributed by atoms with Gasteiger partial charge in [0, 0.05) is 19.8 Å². The van der Waals surface area contributed by atoms with Crippen LogP contribution in [-0.2, 0) is 34.1 Å². The lowest BCUT2D eigenvalue weighted by molar-refractivity contribution is -0.115. The van der Waals surface area contributed by atoms with Gasteiger partial charge < -0.3 is 5.32 Å². The summed E-state index contributed by atoms with van der Waals surface area (Å²) in [5.74, 6) is -0.145. The monoisotopic (exact) mass is 386 g/mol. The predicted molar refractivity (Wildman–Crippen MR) is 107 cm³/mol.